The zero-order chi connectivity index (χ0) is 19.5. The van der Waals surface area contributed by atoms with Crippen molar-refractivity contribution in [1.29, 1.82) is 0 Å². The molecule has 0 spiro atoms. The number of rotatable bonds is 10. The van der Waals surface area contributed by atoms with Crippen molar-refractivity contribution in [1.82, 2.24) is 4.90 Å². The molecule has 26 heavy (non-hydrogen) atoms. The maximum Gasteiger partial charge on any atom is 0.410 e. The number of carbonyl (C=O) groups excluding carboxylic acids is 2. The Hall–Kier alpha value is -2.04. The minimum Gasteiger partial charge on any atom is -0.459 e. The van der Waals surface area contributed by atoms with Crippen LogP contribution in [0.5, 0.6) is 0 Å². The second-order valence-corrected chi connectivity index (χ2v) is 6.62. The molecular weight excluding hydrogens is 330 g/mol. The van der Waals surface area contributed by atoms with E-state index < -0.39 is 0 Å². The number of ether oxygens (including phenoxy) is 2. The molecule has 0 aliphatic heterocycles. The lowest BCUT2D eigenvalue weighted by Crippen LogP contribution is -2.34. The zero-order valence-electron chi connectivity index (χ0n) is 16.8. The first kappa shape index (κ1) is 22.0. The summed E-state index contributed by atoms with van der Waals surface area (Å²) in [4.78, 5) is 25.8. The van der Waals surface area contributed by atoms with E-state index in [1.54, 1.807) is 4.90 Å². The number of aryl methyl sites for hydroxylation is 1. The topological polar surface area (TPSA) is 55.8 Å². The molecule has 1 aromatic carbocycles. The van der Waals surface area contributed by atoms with E-state index in [1.165, 1.54) is 5.56 Å². The lowest BCUT2D eigenvalue weighted by Gasteiger charge is -2.23. The van der Waals surface area contributed by atoms with Crippen LogP contribution in [-0.4, -0.2) is 42.3 Å². The Bertz CT molecular complexity index is 552. The third kappa shape index (κ3) is 7.46. The average Bonchev–Trinajstić information content (AvgIpc) is 2.61. The third-order valence-corrected chi connectivity index (χ3v) is 4.30. The average molecular weight is 363 g/mol. The fourth-order valence-electron chi connectivity index (χ4n) is 2.73. The van der Waals surface area contributed by atoms with Gasteiger partial charge in [0.1, 0.15) is 12.2 Å². The van der Waals surface area contributed by atoms with Crippen LogP contribution in [0.2, 0.25) is 0 Å². The minimum atomic E-state index is -0.346. The maximum absolute atomic E-state index is 12.2. The molecule has 146 valence electrons. The summed E-state index contributed by atoms with van der Waals surface area (Å²) in [7, 11) is 0. The highest BCUT2D eigenvalue weighted by Crippen LogP contribution is 2.13. The highest BCUT2D eigenvalue weighted by Gasteiger charge is 2.19. The number of esters is 1. The van der Waals surface area contributed by atoms with Gasteiger partial charge >= 0.3 is 12.1 Å². The Kier molecular flexibility index (Phi) is 9.78. The second kappa shape index (κ2) is 11.6. The predicted octanol–water partition coefficient (Wildman–Crippen LogP) is 4.83. The molecule has 0 aromatic heterocycles. The van der Waals surface area contributed by atoms with Crippen molar-refractivity contribution in [3.63, 3.8) is 0 Å². The van der Waals surface area contributed by atoms with Crippen LogP contribution in [0.4, 0.5) is 4.79 Å². The monoisotopic (exact) mass is 363 g/mol. The largest absolute Gasteiger partial charge is 0.459 e. The van der Waals surface area contributed by atoms with Gasteiger partial charge in [-0.15, -0.1) is 0 Å². The molecule has 2 atom stereocenters. The molecule has 0 radical (unpaired) electrons. The summed E-state index contributed by atoms with van der Waals surface area (Å²) in [6.45, 7) is 10.8. The summed E-state index contributed by atoms with van der Waals surface area (Å²) in [6.07, 6.45) is 2.81. The molecule has 5 nitrogen and oxygen atoms in total. The molecular formula is C21H33NO4. The summed E-state index contributed by atoms with van der Waals surface area (Å²) < 4.78 is 10.9. The van der Waals surface area contributed by atoms with Gasteiger partial charge in [0.15, 0.2) is 0 Å². The fraction of sp³-hybridized carbons (Fsp3) is 0.619. The van der Waals surface area contributed by atoms with Gasteiger partial charge in [0.2, 0.25) is 0 Å². The van der Waals surface area contributed by atoms with E-state index in [1.807, 2.05) is 52.0 Å². The standard InChI is InChI=1S/C21H33NO4/c1-6-9-10-18-11-13-19(14-12-18)20(23)25-16(4)15-17(5)26-21(24)22(7-2)8-3/h11-14,16-17H,6-10,15H2,1-5H3. The van der Waals surface area contributed by atoms with E-state index in [0.717, 1.165) is 19.3 Å². The van der Waals surface area contributed by atoms with Crippen LogP contribution >= 0.6 is 0 Å². The summed E-state index contributed by atoms with van der Waals surface area (Å²) in [5.41, 5.74) is 1.78. The van der Waals surface area contributed by atoms with E-state index in [9.17, 15) is 9.59 Å². The summed E-state index contributed by atoms with van der Waals surface area (Å²) >= 11 is 0. The predicted molar refractivity (Wildman–Crippen MR) is 103 cm³/mol. The Morgan fingerprint density at radius 1 is 0.962 bits per heavy atom. The fourth-order valence-corrected chi connectivity index (χ4v) is 2.73. The van der Waals surface area contributed by atoms with Crippen molar-refractivity contribution in [2.45, 2.75) is 72.5 Å². The van der Waals surface area contributed by atoms with E-state index in [2.05, 4.69) is 6.92 Å². The van der Waals surface area contributed by atoms with Crippen molar-refractivity contribution < 1.29 is 19.1 Å². The van der Waals surface area contributed by atoms with Gasteiger partial charge in [-0.2, -0.15) is 0 Å². The second-order valence-electron chi connectivity index (χ2n) is 6.62. The van der Waals surface area contributed by atoms with E-state index >= 15 is 0 Å². The molecule has 5 heteroatoms. The molecule has 1 aromatic rings. The lowest BCUT2D eigenvalue weighted by molar-refractivity contribution is 0.0141. The summed E-state index contributed by atoms with van der Waals surface area (Å²) in [5.74, 6) is -0.346. The van der Waals surface area contributed by atoms with E-state index in [0.29, 0.717) is 25.1 Å². The van der Waals surface area contributed by atoms with Gasteiger partial charge in [-0.1, -0.05) is 25.5 Å². The lowest BCUT2D eigenvalue weighted by atomic mass is 10.1. The molecule has 0 heterocycles. The number of benzene rings is 1. The van der Waals surface area contributed by atoms with Crippen molar-refractivity contribution in [3.8, 4) is 0 Å². The summed E-state index contributed by atoms with van der Waals surface area (Å²) in [5, 5.41) is 0. The van der Waals surface area contributed by atoms with Crippen LogP contribution in [0.15, 0.2) is 24.3 Å². The molecule has 0 aliphatic rings. The van der Waals surface area contributed by atoms with Crippen LogP contribution in [-0.2, 0) is 15.9 Å². The molecule has 0 fully saturated rings. The van der Waals surface area contributed by atoms with Gasteiger partial charge in [0.05, 0.1) is 5.56 Å². The van der Waals surface area contributed by atoms with Gasteiger partial charge in [0, 0.05) is 19.5 Å². The Morgan fingerprint density at radius 3 is 2.08 bits per heavy atom. The first-order chi connectivity index (χ1) is 12.4. The Labute approximate surface area is 157 Å². The van der Waals surface area contributed by atoms with Gasteiger partial charge in [0.25, 0.3) is 0 Å². The molecule has 0 bridgehead atoms. The van der Waals surface area contributed by atoms with E-state index in [-0.39, 0.29) is 24.3 Å². The van der Waals surface area contributed by atoms with Crippen molar-refractivity contribution >= 4 is 12.1 Å². The van der Waals surface area contributed by atoms with Gasteiger partial charge < -0.3 is 14.4 Å². The molecule has 0 saturated heterocycles. The molecule has 2 unspecified atom stereocenters. The minimum absolute atomic E-state index is 0.317. The highest BCUT2D eigenvalue weighted by atomic mass is 16.6. The first-order valence-electron chi connectivity index (χ1n) is 9.66. The molecule has 0 aliphatic carbocycles. The number of unbranched alkanes of at least 4 members (excludes halogenated alkanes) is 1. The van der Waals surface area contributed by atoms with Crippen molar-refractivity contribution in [3.05, 3.63) is 35.4 Å². The van der Waals surface area contributed by atoms with Crippen LogP contribution < -0.4 is 0 Å². The van der Waals surface area contributed by atoms with Crippen molar-refractivity contribution in [2.75, 3.05) is 13.1 Å². The van der Waals surface area contributed by atoms with E-state index in [4.69, 9.17) is 9.47 Å². The quantitative estimate of drug-likeness (QED) is 0.559. The third-order valence-electron chi connectivity index (χ3n) is 4.30. The zero-order valence-corrected chi connectivity index (χ0v) is 16.8. The highest BCUT2D eigenvalue weighted by molar-refractivity contribution is 5.89. The summed E-state index contributed by atoms with van der Waals surface area (Å²) in [6, 6.07) is 7.57. The Balaban J connectivity index is 2.47. The first-order valence-corrected chi connectivity index (χ1v) is 9.66. The number of hydrogen-bond donors (Lipinski definition) is 0. The van der Waals surface area contributed by atoms with Crippen LogP contribution in [0.3, 0.4) is 0 Å². The molecule has 1 amide bonds. The maximum atomic E-state index is 12.2. The van der Waals surface area contributed by atoms with Gasteiger partial charge in [-0.3, -0.25) is 0 Å². The molecule has 0 N–H and O–H groups in total. The SMILES string of the molecule is CCCCc1ccc(C(=O)OC(C)CC(C)OC(=O)N(CC)CC)cc1. The van der Waals surface area contributed by atoms with Crippen LogP contribution in [0.25, 0.3) is 0 Å². The number of carbonyl (C=O) groups is 2. The van der Waals surface area contributed by atoms with Crippen LogP contribution in [0.1, 0.15) is 69.8 Å². The van der Waals surface area contributed by atoms with Crippen LogP contribution in [0, 0.1) is 0 Å². The molecule has 1 rings (SSSR count). The number of amides is 1. The smallest absolute Gasteiger partial charge is 0.410 e. The van der Waals surface area contributed by atoms with Gasteiger partial charge in [-0.25, -0.2) is 9.59 Å². The number of nitrogens with zero attached hydrogens (tertiary/aromatic N) is 1. The Morgan fingerprint density at radius 2 is 1.54 bits per heavy atom. The normalized spacial score (nSPS) is 13.0. The van der Waals surface area contributed by atoms with Gasteiger partial charge in [-0.05, 0) is 58.2 Å². The number of hydrogen-bond acceptors (Lipinski definition) is 4. The van der Waals surface area contributed by atoms with Crippen molar-refractivity contribution in [2.24, 2.45) is 0 Å². The molecule has 0 saturated carbocycles.